The largest absolute Gasteiger partial charge is 0.376 e. The Morgan fingerprint density at radius 3 is 2.72 bits per heavy atom. The Bertz CT molecular complexity index is 942. The molecule has 0 radical (unpaired) electrons. The number of aromatic nitrogens is 4. The molecular formula is C20H29N5O3S. The van der Waals surface area contributed by atoms with Gasteiger partial charge in [0.1, 0.15) is 5.52 Å². The van der Waals surface area contributed by atoms with Gasteiger partial charge in [-0.05, 0) is 46.0 Å². The number of hydrogen-bond acceptors (Lipinski definition) is 6. The van der Waals surface area contributed by atoms with Crippen molar-refractivity contribution in [1.82, 2.24) is 24.2 Å². The Kier molecular flexibility index (Phi) is 6.24. The van der Waals surface area contributed by atoms with E-state index in [4.69, 9.17) is 9.72 Å². The lowest BCUT2D eigenvalue weighted by Gasteiger charge is -2.26. The molecule has 0 spiro atoms. The molecule has 2 aliphatic rings. The van der Waals surface area contributed by atoms with Crippen molar-refractivity contribution < 1.29 is 9.53 Å². The molecule has 4 rings (SSSR count). The molecule has 2 saturated heterocycles. The molecule has 4 heterocycles. The zero-order chi connectivity index (χ0) is 20.4. The highest BCUT2D eigenvalue weighted by molar-refractivity contribution is 7.99. The van der Waals surface area contributed by atoms with Crippen LogP contribution < -0.4 is 5.56 Å². The van der Waals surface area contributed by atoms with E-state index in [2.05, 4.69) is 5.10 Å². The normalized spacial score (nSPS) is 19.9. The third-order valence-electron chi connectivity index (χ3n) is 5.73. The van der Waals surface area contributed by atoms with Crippen LogP contribution in [-0.4, -0.2) is 61.7 Å². The Hall–Kier alpha value is -1.87. The summed E-state index contributed by atoms with van der Waals surface area (Å²) in [7, 11) is 0. The standard InChI is InChI=1S/C20H29N5O3S/c1-3-25-18-17(14(2)22-25)21-20(24(19(18)27)12-15-8-7-11-28-15)29-13-16(26)23-9-5-4-6-10-23/h15H,3-13H2,1-2H3. The van der Waals surface area contributed by atoms with Gasteiger partial charge in [-0.1, -0.05) is 11.8 Å². The number of aryl methyl sites for hydroxylation is 2. The maximum absolute atomic E-state index is 13.4. The second-order valence-corrected chi connectivity index (χ2v) is 8.72. The van der Waals surface area contributed by atoms with E-state index in [-0.39, 0.29) is 17.6 Å². The second kappa shape index (κ2) is 8.87. The molecule has 1 unspecified atom stereocenters. The number of ether oxygens (including phenoxy) is 1. The molecule has 29 heavy (non-hydrogen) atoms. The fourth-order valence-electron chi connectivity index (χ4n) is 4.14. The minimum absolute atomic E-state index is 0.0168. The fraction of sp³-hybridized carbons (Fsp3) is 0.700. The van der Waals surface area contributed by atoms with Gasteiger partial charge in [-0.25, -0.2) is 4.98 Å². The maximum atomic E-state index is 13.4. The van der Waals surface area contributed by atoms with Gasteiger partial charge < -0.3 is 9.64 Å². The van der Waals surface area contributed by atoms with Gasteiger partial charge in [0.15, 0.2) is 10.7 Å². The van der Waals surface area contributed by atoms with Crippen LogP contribution in [0, 0.1) is 6.92 Å². The number of piperidine rings is 1. The molecule has 158 valence electrons. The third kappa shape index (κ3) is 4.21. The van der Waals surface area contributed by atoms with Crippen molar-refractivity contribution in [3.05, 3.63) is 16.0 Å². The SMILES string of the molecule is CCn1nc(C)c2nc(SCC(=O)N3CCCCC3)n(CC3CCCO3)c(=O)c21. The first-order valence-electron chi connectivity index (χ1n) is 10.6. The van der Waals surface area contributed by atoms with E-state index in [0.717, 1.165) is 51.1 Å². The van der Waals surface area contributed by atoms with Gasteiger partial charge in [0, 0.05) is 26.2 Å². The van der Waals surface area contributed by atoms with E-state index in [1.807, 2.05) is 18.7 Å². The lowest BCUT2D eigenvalue weighted by Crippen LogP contribution is -2.37. The number of hydrogen-bond donors (Lipinski definition) is 0. The van der Waals surface area contributed by atoms with E-state index in [1.165, 1.54) is 18.2 Å². The van der Waals surface area contributed by atoms with Gasteiger partial charge in [-0.15, -0.1) is 0 Å². The molecule has 2 aromatic heterocycles. The summed E-state index contributed by atoms with van der Waals surface area (Å²) in [5.74, 6) is 0.415. The molecule has 2 fully saturated rings. The van der Waals surface area contributed by atoms with Gasteiger partial charge >= 0.3 is 0 Å². The number of rotatable bonds is 6. The number of nitrogens with zero attached hydrogens (tertiary/aromatic N) is 5. The summed E-state index contributed by atoms with van der Waals surface area (Å²) in [6.45, 7) is 7.32. The first kappa shape index (κ1) is 20.4. The van der Waals surface area contributed by atoms with Gasteiger partial charge in [0.2, 0.25) is 5.91 Å². The van der Waals surface area contributed by atoms with Crippen LogP contribution in [0.25, 0.3) is 11.0 Å². The van der Waals surface area contributed by atoms with Gasteiger partial charge in [-0.3, -0.25) is 18.8 Å². The summed E-state index contributed by atoms with van der Waals surface area (Å²) in [6, 6.07) is 0. The molecule has 9 heteroatoms. The summed E-state index contributed by atoms with van der Waals surface area (Å²) >= 11 is 1.35. The number of thioether (sulfide) groups is 1. The van der Waals surface area contributed by atoms with Crippen LogP contribution >= 0.6 is 11.8 Å². The van der Waals surface area contributed by atoms with E-state index >= 15 is 0 Å². The number of carbonyl (C=O) groups is 1. The van der Waals surface area contributed by atoms with Crippen LogP contribution in [-0.2, 0) is 22.6 Å². The van der Waals surface area contributed by atoms with Crippen molar-refractivity contribution in [1.29, 1.82) is 0 Å². The van der Waals surface area contributed by atoms with Crippen molar-refractivity contribution in [3.8, 4) is 0 Å². The smallest absolute Gasteiger partial charge is 0.280 e. The van der Waals surface area contributed by atoms with E-state index in [9.17, 15) is 9.59 Å². The highest BCUT2D eigenvalue weighted by Crippen LogP contribution is 2.23. The summed E-state index contributed by atoms with van der Waals surface area (Å²) < 4.78 is 9.18. The number of amides is 1. The fourth-order valence-corrected chi connectivity index (χ4v) is 5.05. The monoisotopic (exact) mass is 419 g/mol. The van der Waals surface area contributed by atoms with Crippen molar-refractivity contribution in [2.45, 2.75) is 70.3 Å². The molecule has 8 nitrogen and oxygen atoms in total. The average molecular weight is 420 g/mol. The van der Waals surface area contributed by atoms with Crippen LogP contribution in [0.4, 0.5) is 0 Å². The molecular weight excluding hydrogens is 390 g/mol. The first-order valence-corrected chi connectivity index (χ1v) is 11.6. The summed E-state index contributed by atoms with van der Waals surface area (Å²) in [6.07, 6.45) is 5.30. The quantitative estimate of drug-likeness (QED) is 0.527. The van der Waals surface area contributed by atoms with Gasteiger partial charge in [0.05, 0.1) is 24.1 Å². The van der Waals surface area contributed by atoms with E-state index < -0.39 is 0 Å². The predicted molar refractivity (Wildman–Crippen MR) is 112 cm³/mol. The molecule has 1 atom stereocenters. The Morgan fingerprint density at radius 2 is 2.03 bits per heavy atom. The number of carbonyl (C=O) groups excluding carboxylic acids is 1. The highest BCUT2D eigenvalue weighted by Gasteiger charge is 2.24. The summed E-state index contributed by atoms with van der Waals surface area (Å²) in [5.41, 5.74) is 1.82. The van der Waals surface area contributed by atoms with Crippen molar-refractivity contribution in [2.24, 2.45) is 0 Å². The molecule has 2 aliphatic heterocycles. The molecule has 0 saturated carbocycles. The van der Waals surface area contributed by atoms with Crippen LogP contribution in [0.15, 0.2) is 9.95 Å². The topological polar surface area (TPSA) is 82.2 Å². The number of fused-ring (bicyclic) bond motifs is 1. The average Bonchev–Trinajstić information content (AvgIpc) is 3.37. The Morgan fingerprint density at radius 1 is 1.24 bits per heavy atom. The minimum Gasteiger partial charge on any atom is -0.376 e. The second-order valence-electron chi connectivity index (χ2n) is 7.77. The first-order chi connectivity index (χ1) is 14.1. The Labute approximate surface area is 174 Å². The van der Waals surface area contributed by atoms with Crippen LogP contribution in [0.2, 0.25) is 0 Å². The Balaban J connectivity index is 1.65. The molecule has 2 aromatic rings. The zero-order valence-corrected chi connectivity index (χ0v) is 18.0. The van der Waals surface area contributed by atoms with Gasteiger partial charge in [-0.2, -0.15) is 5.10 Å². The molecule has 0 aliphatic carbocycles. The van der Waals surface area contributed by atoms with Crippen LogP contribution in [0.3, 0.4) is 0 Å². The lowest BCUT2D eigenvalue weighted by molar-refractivity contribution is -0.129. The predicted octanol–water partition coefficient (Wildman–Crippen LogP) is 2.20. The molecule has 0 bridgehead atoms. The van der Waals surface area contributed by atoms with E-state index in [1.54, 1.807) is 9.25 Å². The molecule has 0 aromatic carbocycles. The van der Waals surface area contributed by atoms with Crippen LogP contribution in [0.1, 0.15) is 44.7 Å². The van der Waals surface area contributed by atoms with Crippen LogP contribution in [0.5, 0.6) is 0 Å². The van der Waals surface area contributed by atoms with Crippen molar-refractivity contribution >= 4 is 28.7 Å². The highest BCUT2D eigenvalue weighted by atomic mass is 32.2. The van der Waals surface area contributed by atoms with E-state index in [0.29, 0.717) is 35.0 Å². The molecule has 0 N–H and O–H groups in total. The maximum Gasteiger partial charge on any atom is 0.280 e. The lowest BCUT2D eigenvalue weighted by atomic mass is 10.1. The summed E-state index contributed by atoms with van der Waals surface area (Å²) in [4.78, 5) is 32.7. The third-order valence-corrected chi connectivity index (χ3v) is 6.69. The minimum atomic E-state index is -0.0964. The number of likely N-dealkylation sites (tertiary alicyclic amines) is 1. The van der Waals surface area contributed by atoms with Crippen molar-refractivity contribution in [2.75, 3.05) is 25.4 Å². The van der Waals surface area contributed by atoms with Gasteiger partial charge in [0.25, 0.3) is 5.56 Å². The summed E-state index contributed by atoms with van der Waals surface area (Å²) in [5, 5.41) is 5.06. The molecule has 1 amide bonds. The zero-order valence-electron chi connectivity index (χ0n) is 17.2. The van der Waals surface area contributed by atoms with Crippen molar-refractivity contribution in [3.63, 3.8) is 0 Å².